The van der Waals surface area contributed by atoms with E-state index in [1.807, 2.05) is 0 Å². The van der Waals surface area contributed by atoms with Crippen molar-refractivity contribution in [1.82, 2.24) is 14.3 Å². The highest BCUT2D eigenvalue weighted by Gasteiger charge is 2.19. The molecule has 0 radical (unpaired) electrons. The maximum atomic E-state index is 12.8. The number of hydrogen-bond donors (Lipinski definition) is 1. The first-order valence-electron chi connectivity index (χ1n) is 4.97. The zero-order chi connectivity index (χ0) is 13.4. The highest BCUT2D eigenvalue weighted by atomic mass is 19.3. The first-order valence-corrected chi connectivity index (χ1v) is 4.97. The van der Waals surface area contributed by atoms with E-state index >= 15 is 0 Å². The predicted molar refractivity (Wildman–Crippen MR) is 57.6 cm³/mol. The molecule has 18 heavy (non-hydrogen) atoms. The number of aliphatic carboxylic acids is 1. The number of carboxylic acid groups (broad SMARTS) is 1. The molecule has 0 aliphatic carbocycles. The van der Waals surface area contributed by atoms with Gasteiger partial charge in [-0.3, -0.25) is 18.8 Å². The van der Waals surface area contributed by atoms with E-state index < -0.39 is 30.1 Å². The third-order valence-corrected chi connectivity index (χ3v) is 2.55. The Labute approximate surface area is 99.1 Å². The van der Waals surface area contributed by atoms with Crippen LogP contribution in [0.15, 0.2) is 17.1 Å². The fraction of sp³-hybridized carbons (Fsp3) is 0.300. The van der Waals surface area contributed by atoms with Gasteiger partial charge in [0.2, 0.25) is 0 Å². The van der Waals surface area contributed by atoms with Crippen LogP contribution in [-0.2, 0) is 18.4 Å². The first-order chi connectivity index (χ1) is 8.41. The monoisotopic (exact) mass is 257 g/mol. The number of rotatable bonds is 3. The molecule has 2 rings (SSSR count). The van der Waals surface area contributed by atoms with Gasteiger partial charge in [-0.25, -0.2) is 8.78 Å². The maximum Gasteiger partial charge on any atom is 0.323 e. The zero-order valence-corrected chi connectivity index (χ0v) is 9.30. The van der Waals surface area contributed by atoms with Crippen molar-refractivity contribution in [3.63, 3.8) is 0 Å². The molecule has 0 spiro atoms. The molecule has 96 valence electrons. The fourth-order valence-electron chi connectivity index (χ4n) is 1.82. The summed E-state index contributed by atoms with van der Waals surface area (Å²) < 4.78 is 27.7. The number of fused-ring (bicyclic) bond motifs is 1. The molecule has 0 saturated heterocycles. The van der Waals surface area contributed by atoms with E-state index in [-0.39, 0.29) is 11.0 Å². The van der Waals surface area contributed by atoms with Crippen molar-refractivity contribution in [1.29, 1.82) is 0 Å². The van der Waals surface area contributed by atoms with E-state index in [9.17, 15) is 18.4 Å². The number of halogens is 2. The van der Waals surface area contributed by atoms with Gasteiger partial charge in [-0.05, 0) is 0 Å². The number of aryl methyl sites for hydroxylation is 1. The highest BCUT2D eigenvalue weighted by Crippen LogP contribution is 2.25. The van der Waals surface area contributed by atoms with E-state index in [2.05, 4.69) is 5.10 Å². The summed E-state index contributed by atoms with van der Waals surface area (Å²) in [6.45, 7) is -0.599. The maximum absolute atomic E-state index is 12.8. The molecule has 0 fully saturated rings. The van der Waals surface area contributed by atoms with Gasteiger partial charge in [-0.15, -0.1) is 0 Å². The first kappa shape index (κ1) is 12.2. The minimum absolute atomic E-state index is 0.0696. The van der Waals surface area contributed by atoms with Crippen LogP contribution in [0.25, 0.3) is 11.0 Å². The Morgan fingerprint density at radius 3 is 2.78 bits per heavy atom. The van der Waals surface area contributed by atoms with Crippen molar-refractivity contribution >= 4 is 17.0 Å². The summed E-state index contributed by atoms with van der Waals surface area (Å²) in [5.74, 6) is -1.23. The molecule has 2 aromatic heterocycles. The van der Waals surface area contributed by atoms with E-state index in [0.29, 0.717) is 0 Å². The van der Waals surface area contributed by atoms with Crippen LogP contribution in [0.2, 0.25) is 0 Å². The van der Waals surface area contributed by atoms with Crippen LogP contribution in [0.1, 0.15) is 12.0 Å². The van der Waals surface area contributed by atoms with Gasteiger partial charge in [0.1, 0.15) is 12.2 Å². The summed E-state index contributed by atoms with van der Waals surface area (Å²) in [6, 6.07) is 0.748. The average molecular weight is 257 g/mol. The smallest absolute Gasteiger partial charge is 0.323 e. The minimum atomic E-state index is -2.82. The molecule has 8 heteroatoms. The van der Waals surface area contributed by atoms with Gasteiger partial charge < -0.3 is 5.11 Å². The third kappa shape index (κ3) is 1.85. The Hall–Kier alpha value is -2.25. The number of nitrogens with zero attached hydrogens (tertiary/aromatic N) is 3. The second-order valence-corrected chi connectivity index (χ2v) is 3.72. The lowest BCUT2D eigenvalue weighted by Gasteiger charge is -2.09. The summed E-state index contributed by atoms with van der Waals surface area (Å²) in [4.78, 5) is 22.3. The molecule has 0 unspecified atom stereocenters. The molecule has 0 aromatic carbocycles. The molecule has 0 saturated carbocycles. The lowest BCUT2D eigenvalue weighted by molar-refractivity contribution is -0.137. The van der Waals surface area contributed by atoms with Crippen molar-refractivity contribution in [3.05, 3.63) is 28.2 Å². The summed E-state index contributed by atoms with van der Waals surface area (Å²) in [5, 5.41) is 12.6. The van der Waals surface area contributed by atoms with Gasteiger partial charge in [-0.1, -0.05) is 0 Å². The van der Waals surface area contributed by atoms with Crippen LogP contribution < -0.4 is 5.56 Å². The van der Waals surface area contributed by atoms with Crippen LogP contribution in [0.3, 0.4) is 0 Å². The number of carbonyl (C=O) groups is 1. The molecule has 6 nitrogen and oxygen atoms in total. The quantitative estimate of drug-likeness (QED) is 0.880. The fourth-order valence-corrected chi connectivity index (χ4v) is 1.82. The average Bonchev–Trinajstić information content (AvgIpc) is 2.64. The summed E-state index contributed by atoms with van der Waals surface area (Å²) in [7, 11) is 1.45. The Morgan fingerprint density at radius 2 is 2.22 bits per heavy atom. The predicted octanol–water partition coefficient (Wildman–Crippen LogP) is 0.757. The second kappa shape index (κ2) is 4.21. The van der Waals surface area contributed by atoms with Gasteiger partial charge in [0.15, 0.2) is 0 Å². The molecule has 0 atom stereocenters. The Balaban J connectivity index is 2.84. The second-order valence-electron chi connectivity index (χ2n) is 3.72. The van der Waals surface area contributed by atoms with Crippen LogP contribution in [0.4, 0.5) is 8.78 Å². The topological polar surface area (TPSA) is 77.1 Å². The number of hydrogen-bond acceptors (Lipinski definition) is 3. The summed E-state index contributed by atoms with van der Waals surface area (Å²) in [5.41, 5.74) is -1.16. The van der Waals surface area contributed by atoms with Gasteiger partial charge in [-0.2, -0.15) is 5.10 Å². The molecule has 0 amide bonds. The largest absolute Gasteiger partial charge is 0.480 e. The van der Waals surface area contributed by atoms with Crippen molar-refractivity contribution in [2.24, 2.45) is 7.05 Å². The van der Waals surface area contributed by atoms with E-state index in [4.69, 9.17) is 5.11 Å². The number of aromatic nitrogens is 3. The lowest BCUT2D eigenvalue weighted by Crippen LogP contribution is -2.25. The Morgan fingerprint density at radius 1 is 1.56 bits per heavy atom. The molecule has 1 N–H and O–H groups in total. The van der Waals surface area contributed by atoms with Crippen LogP contribution >= 0.6 is 0 Å². The lowest BCUT2D eigenvalue weighted by atomic mass is 10.2. The molecular formula is C10H9F2N3O3. The molecule has 0 aliphatic rings. The van der Waals surface area contributed by atoms with Crippen molar-refractivity contribution in [2.45, 2.75) is 13.0 Å². The molecule has 0 bridgehead atoms. The van der Waals surface area contributed by atoms with E-state index in [0.717, 1.165) is 10.6 Å². The molecule has 0 aliphatic heterocycles. The van der Waals surface area contributed by atoms with Gasteiger partial charge >= 0.3 is 5.97 Å². The van der Waals surface area contributed by atoms with Gasteiger partial charge in [0.25, 0.3) is 12.0 Å². The normalized spacial score (nSPS) is 11.3. The minimum Gasteiger partial charge on any atom is -0.480 e. The summed E-state index contributed by atoms with van der Waals surface area (Å²) >= 11 is 0. The van der Waals surface area contributed by atoms with Crippen LogP contribution in [0, 0.1) is 0 Å². The molecule has 2 aromatic rings. The Bertz CT molecular complexity index is 675. The SMILES string of the molecule is Cn1ncc2c(C(F)F)cc(=O)n(CC(=O)O)c21. The van der Waals surface area contributed by atoms with Crippen molar-refractivity contribution in [2.75, 3.05) is 0 Å². The van der Waals surface area contributed by atoms with Crippen LogP contribution in [-0.4, -0.2) is 25.4 Å². The molecule has 2 heterocycles. The number of pyridine rings is 1. The summed E-state index contributed by atoms with van der Waals surface area (Å²) in [6.07, 6.45) is -1.63. The highest BCUT2D eigenvalue weighted by molar-refractivity contribution is 5.80. The number of alkyl halides is 2. The Kier molecular flexibility index (Phi) is 2.85. The third-order valence-electron chi connectivity index (χ3n) is 2.55. The zero-order valence-electron chi connectivity index (χ0n) is 9.30. The van der Waals surface area contributed by atoms with Crippen molar-refractivity contribution < 1.29 is 18.7 Å². The molecular weight excluding hydrogens is 248 g/mol. The van der Waals surface area contributed by atoms with Crippen LogP contribution in [0.5, 0.6) is 0 Å². The van der Waals surface area contributed by atoms with Gasteiger partial charge in [0.05, 0.1) is 6.20 Å². The van der Waals surface area contributed by atoms with E-state index in [1.54, 1.807) is 0 Å². The standard InChI is InChI=1S/C10H9F2N3O3/c1-14-10-6(3-13-14)5(9(11)12)2-7(16)15(10)4-8(17)18/h2-3,9H,4H2,1H3,(H,17,18). The van der Waals surface area contributed by atoms with E-state index in [1.165, 1.54) is 17.9 Å². The van der Waals surface area contributed by atoms with Crippen molar-refractivity contribution in [3.8, 4) is 0 Å². The number of carboxylic acids is 1. The van der Waals surface area contributed by atoms with Gasteiger partial charge in [0, 0.05) is 24.1 Å².